The summed E-state index contributed by atoms with van der Waals surface area (Å²) in [6.07, 6.45) is 0.868. The number of benzene rings is 1. The number of ether oxygens (including phenoxy) is 1. The highest BCUT2D eigenvalue weighted by atomic mass is 16.5. The fourth-order valence-corrected chi connectivity index (χ4v) is 2.43. The van der Waals surface area contributed by atoms with Crippen LogP contribution in [0.5, 0.6) is 5.75 Å². The van der Waals surface area contributed by atoms with Crippen LogP contribution in [0.15, 0.2) is 24.3 Å². The molecule has 1 aromatic carbocycles. The van der Waals surface area contributed by atoms with Crippen LogP contribution in [0.2, 0.25) is 0 Å². The number of amides is 1. The average molecular weight is 278 g/mol. The first-order valence-corrected chi connectivity index (χ1v) is 6.88. The van der Waals surface area contributed by atoms with Crippen molar-refractivity contribution in [2.75, 3.05) is 20.2 Å². The minimum absolute atomic E-state index is 0.00583. The fraction of sp³-hybridized carbons (Fsp3) is 0.533. The van der Waals surface area contributed by atoms with E-state index in [4.69, 9.17) is 9.84 Å². The van der Waals surface area contributed by atoms with Crippen molar-refractivity contribution < 1.29 is 14.6 Å². The minimum Gasteiger partial charge on any atom is -0.497 e. The molecule has 0 atom stereocenters. The monoisotopic (exact) mass is 278 g/mol. The number of nitrogens with one attached hydrogen (secondary N) is 1. The predicted octanol–water partition coefficient (Wildman–Crippen LogP) is 2.32. The maximum atomic E-state index is 10.9. The van der Waals surface area contributed by atoms with Crippen LogP contribution in [0, 0.1) is 0 Å². The molecule has 20 heavy (non-hydrogen) atoms. The van der Waals surface area contributed by atoms with E-state index in [-0.39, 0.29) is 5.54 Å². The lowest BCUT2D eigenvalue weighted by molar-refractivity contribution is 0.111. The molecule has 1 saturated heterocycles. The summed E-state index contributed by atoms with van der Waals surface area (Å²) in [5.41, 5.74) is 1.21. The molecule has 0 bridgehead atoms. The van der Waals surface area contributed by atoms with Gasteiger partial charge in [-0.15, -0.1) is 0 Å². The Morgan fingerprint density at radius 1 is 1.35 bits per heavy atom. The van der Waals surface area contributed by atoms with Gasteiger partial charge in [-0.2, -0.15) is 0 Å². The molecular weight excluding hydrogens is 256 g/mol. The summed E-state index contributed by atoms with van der Waals surface area (Å²) < 4.78 is 5.14. The van der Waals surface area contributed by atoms with Gasteiger partial charge in [-0.05, 0) is 37.5 Å². The topological polar surface area (TPSA) is 61.8 Å². The smallest absolute Gasteiger partial charge is 0.407 e. The second-order valence-corrected chi connectivity index (χ2v) is 5.53. The molecule has 0 unspecified atom stereocenters. The van der Waals surface area contributed by atoms with E-state index in [0.29, 0.717) is 13.1 Å². The first kappa shape index (κ1) is 14.7. The van der Waals surface area contributed by atoms with Gasteiger partial charge in [0.2, 0.25) is 0 Å². The standard InChI is InChI=1S/C15H22N2O3/c1-15(7-9-17(10-8-15)14(18)19)16-11-12-3-5-13(20-2)6-4-12/h3-6,16H,7-11H2,1-2H3,(H,18,19). The highest BCUT2D eigenvalue weighted by Gasteiger charge is 2.31. The Kier molecular flexibility index (Phi) is 4.49. The normalized spacial score (nSPS) is 17.8. The molecule has 5 heteroatoms. The summed E-state index contributed by atoms with van der Waals surface area (Å²) in [5, 5.41) is 12.5. The third-order valence-electron chi connectivity index (χ3n) is 4.02. The van der Waals surface area contributed by atoms with Gasteiger partial charge >= 0.3 is 6.09 Å². The lowest BCUT2D eigenvalue weighted by Gasteiger charge is -2.39. The van der Waals surface area contributed by atoms with E-state index in [0.717, 1.165) is 25.1 Å². The molecule has 0 radical (unpaired) electrons. The van der Waals surface area contributed by atoms with Crippen molar-refractivity contribution in [3.05, 3.63) is 29.8 Å². The molecule has 0 aliphatic carbocycles. The molecule has 0 spiro atoms. The predicted molar refractivity (Wildman–Crippen MR) is 77.1 cm³/mol. The minimum atomic E-state index is -0.817. The Balaban J connectivity index is 1.85. The maximum absolute atomic E-state index is 10.9. The van der Waals surface area contributed by atoms with Gasteiger partial charge < -0.3 is 20.1 Å². The van der Waals surface area contributed by atoms with E-state index >= 15 is 0 Å². The molecule has 110 valence electrons. The highest BCUT2D eigenvalue weighted by Crippen LogP contribution is 2.22. The summed E-state index contributed by atoms with van der Waals surface area (Å²) in [5.74, 6) is 0.856. The van der Waals surface area contributed by atoms with E-state index in [1.807, 2.05) is 24.3 Å². The Bertz CT molecular complexity index is 451. The Morgan fingerprint density at radius 2 is 1.95 bits per heavy atom. The molecule has 1 amide bonds. The summed E-state index contributed by atoms with van der Waals surface area (Å²) in [6.45, 7) is 4.15. The van der Waals surface area contributed by atoms with Crippen LogP contribution in [0.1, 0.15) is 25.3 Å². The molecule has 1 fully saturated rings. The zero-order valence-corrected chi connectivity index (χ0v) is 12.1. The molecule has 0 saturated carbocycles. The Morgan fingerprint density at radius 3 is 2.45 bits per heavy atom. The van der Waals surface area contributed by atoms with Gasteiger partial charge in [-0.3, -0.25) is 0 Å². The molecule has 0 aromatic heterocycles. The van der Waals surface area contributed by atoms with Crippen LogP contribution in [0.25, 0.3) is 0 Å². The van der Waals surface area contributed by atoms with Crippen molar-refractivity contribution >= 4 is 6.09 Å². The molecule has 1 aliphatic heterocycles. The SMILES string of the molecule is COc1ccc(CNC2(C)CCN(C(=O)O)CC2)cc1. The first-order valence-electron chi connectivity index (χ1n) is 6.88. The summed E-state index contributed by atoms with van der Waals surface area (Å²) in [6, 6.07) is 7.99. The van der Waals surface area contributed by atoms with Crippen molar-refractivity contribution in [2.45, 2.75) is 31.8 Å². The van der Waals surface area contributed by atoms with E-state index in [1.165, 1.54) is 10.5 Å². The Labute approximate surface area is 119 Å². The van der Waals surface area contributed by atoms with Crippen molar-refractivity contribution in [2.24, 2.45) is 0 Å². The lowest BCUT2D eigenvalue weighted by Crippen LogP contribution is -2.52. The Hall–Kier alpha value is -1.75. The number of carbonyl (C=O) groups is 1. The number of rotatable bonds is 4. The van der Waals surface area contributed by atoms with Crippen LogP contribution in [0.4, 0.5) is 4.79 Å². The zero-order chi connectivity index (χ0) is 14.6. The van der Waals surface area contributed by atoms with Crippen molar-refractivity contribution in [1.29, 1.82) is 0 Å². The molecule has 1 aliphatic rings. The molecular formula is C15H22N2O3. The second-order valence-electron chi connectivity index (χ2n) is 5.53. The zero-order valence-electron chi connectivity index (χ0n) is 12.1. The molecule has 1 aromatic rings. The van der Waals surface area contributed by atoms with Crippen LogP contribution < -0.4 is 10.1 Å². The molecule has 5 nitrogen and oxygen atoms in total. The maximum Gasteiger partial charge on any atom is 0.407 e. The van der Waals surface area contributed by atoms with E-state index in [2.05, 4.69) is 12.2 Å². The van der Waals surface area contributed by atoms with Gasteiger partial charge in [0.05, 0.1) is 7.11 Å². The second kappa shape index (κ2) is 6.13. The fourth-order valence-electron chi connectivity index (χ4n) is 2.43. The lowest BCUT2D eigenvalue weighted by atomic mass is 9.89. The van der Waals surface area contributed by atoms with Crippen molar-refractivity contribution in [1.82, 2.24) is 10.2 Å². The van der Waals surface area contributed by atoms with Crippen molar-refractivity contribution in [3.63, 3.8) is 0 Å². The number of nitrogens with zero attached hydrogens (tertiary/aromatic N) is 1. The number of likely N-dealkylation sites (tertiary alicyclic amines) is 1. The highest BCUT2D eigenvalue weighted by molar-refractivity contribution is 5.65. The van der Waals surface area contributed by atoms with Gasteiger partial charge in [0.25, 0.3) is 0 Å². The summed E-state index contributed by atoms with van der Waals surface area (Å²) in [4.78, 5) is 12.4. The van der Waals surface area contributed by atoms with Crippen molar-refractivity contribution in [3.8, 4) is 5.75 Å². The average Bonchev–Trinajstić information content (AvgIpc) is 2.46. The molecule has 2 N–H and O–H groups in total. The summed E-state index contributed by atoms with van der Waals surface area (Å²) in [7, 11) is 1.66. The number of methoxy groups -OCH3 is 1. The van der Waals surface area contributed by atoms with E-state index in [9.17, 15) is 4.79 Å². The number of carboxylic acid groups (broad SMARTS) is 1. The van der Waals surface area contributed by atoms with Crippen LogP contribution >= 0.6 is 0 Å². The van der Waals surface area contributed by atoms with Crippen LogP contribution in [0.3, 0.4) is 0 Å². The third kappa shape index (κ3) is 3.63. The van der Waals surface area contributed by atoms with Crippen LogP contribution in [-0.4, -0.2) is 41.8 Å². The van der Waals surface area contributed by atoms with Crippen LogP contribution in [-0.2, 0) is 6.54 Å². The van der Waals surface area contributed by atoms with Gasteiger partial charge in [0, 0.05) is 25.2 Å². The first-order chi connectivity index (χ1) is 9.52. The number of hydrogen-bond acceptors (Lipinski definition) is 3. The third-order valence-corrected chi connectivity index (χ3v) is 4.02. The quantitative estimate of drug-likeness (QED) is 0.887. The number of hydrogen-bond donors (Lipinski definition) is 2. The van der Waals surface area contributed by atoms with Gasteiger partial charge in [-0.25, -0.2) is 4.79 Å². The molecule has 1 heterocycles. The van der Waals surface area contributed by atoms with Gasteiger partial charge in [-0.1, -0.05) is 12.1 Å². The number of piperidine rings is 1. The summed E-state index contributed by atoms with van der Waals surface area (Å²) >= 11 is 0. The van der Waals surface area contributed by atoms with Gasteiger partial charge in [0.1, 0.15) is 5.75 Å². The van der Waals surface area contributed by atoms with E-state index < -0.39 is 6.09 Å². The van der Waals surface area contributed by atoms with Gasteiger partial charge in [0.15, 0.2) is 0 Å². The molecule has 2 rings (SSSR count). The van der Waals surface area contributed by atoms with E-state index in [1.54, 1.807) is 7.11 Å². The largest absolute Gasteiger partial charge is 0.497 e.